The number of ether oxygens (including phenoxy) is 1. The first-order valence-corrected chi connectivity index (χ1v) is 6.76. The molecule has 0 fully saturated rings. The average Bonchev–Trinajstić information content (AvgIpc) is 2.41. The van der Waals surface area contributed by atoms with E-state index in [1.807, 2.05) is 13.0 Å². The van der Waals surface area contributed by atoms with Crippen LogP contribution >= 0.6 is 22.6 Å². The van der Waals surface area contributed by atoms with Crippen molar-refractivity contribution < 1.29 is 13.9 Å². The molecule has 0 saturated heterocycles. The molecule has 19 heavy (non-hydrogen) atoms. The first kappa shape index (κ1) is 14.0. The van der Waals surface area contributed by atoms with E-state index < -0.39 is 5.82 Å². The summed E-state index contributed by atoms with van der Waals surface area (Å²) in [5.41, 5.74) is 1.58. The van der Waals surface area contributed by atoms with Gasteiger partial charge in [-0.15, -0.1) is 0 Å². The monoisotopic (exact) mass is 370 g/mol. The highest BCUT2D eigenvalue weighted by Gasteiger charge is 2.17. The van der Waals surface area contributed by atoms with Gasteiger partial charge in [0.05, 0.1) is 12.7 Å². The zero-order valence-electron chi connectivity index (χ0n) is 10.5. The molecule has 0 unspecified atom stereocenters. The lowest BCUT2D eigenvalue weighted by Crippen LogP contribution is -2.07. The molecule has 98 valence electrons. The minimum absolute atomic E-state index is 0.0596. The Morgan fingerprint density at radius 3 is 2.58 bits per heavy atom. The molecule has 0 aromatic heterocycles. The Bertz CT molecular complexity index is 638. The highest BCUT2D eigenvalue weighted by molar-refractivity contribution is 14.1. The van der Waals surface area contributed by atoms with Crippen LogP contribution in [-0.4, -0.2) is 12.9 Å². The van der Waals surface area contributed by atoms with E-state index >= 15 is 0 Å². The van der Waals surface area contributed by atoms with Crippen molar-refractivity contribution in [1.29, 1.82) is 0 Å². The van der Waals surface area contributed by atoms with E-state index in [9.17, 15) is 9.18 Å². The van der Waals surface area contributed by atoms with E-state index in [1.165, 1.54) is 19.2 Å². The van der Waals surface area contributed by atoms with Crippen LogP contribution in [-0.2, 0) is 0 Å². The standard InChI is InChI=1S/C15H12FIO2/c1-9-4-3-5-12(14(9)17)15(18)11-7-6-10(19-2)8-13(11)16/h3-8H,1-2H3. The van der Waals surface area contributed by atoms with Crippen LogP contribution in [0.1, 0.15) is 21.5 Å². The molecule has 0 aliphatic rings. The molecular weight excluding hydrogens is 358 g/mol. The highest BCUT2D eigenvalue weighted by atomic mass is 127. The van der Waals surface area contributed by atoms with Crippen molar-refractivity contribution >= 4 is 28.4 Å². The molecule has 0 atom stereocenters. The van der Waals surface area contributed by atoms with Crippen molar-refractivity contribution in [3.8, 4) is 5.75 Å². The molecule has 4 heteroatoms. The molecule has 2 aromatic rings. The van der Waals surface area contributed by atoms with Gasteiger partial charge in [0.15, 0.2) is 5.78 Å². The van der Waals surface area contributed by atoms with Crippen LogP contribution in [0.4, 0.5) is 4.39 Å². The van der Waals surface area contributed by atoms with E-state index in [0.29, 0.717) is 11.3 Å². The predicted molar refractivity (Wildman–Crippen MR) is 80.3 cm³/mol. The molecular formula is C15H12FIO2. The first-order valence-electron chi connectivity index (χ1n) is 5.68. The van der Waals surface area contributed by atoms with Gasteiger partial charge in [-0.25, -0.2) is 4.39 Å². The Balaban J connectivity index is 2.47. The second kappa shape index (κ2) is 5.69. The molecule has 0 heterocycles. The smallest absolute Gasteiger partial charge is 0.197 e. The zero-order chi connectivity index (χ0) is 14.0. The van der Waals surface area contributed by atoms with Crippen molar-refractivity contribution in [3.05, 3.63) is 62.5 Å². The summed E-state index contributed by atoms with van der Waals surface area (Å²) in [5.74, 6) is -0.483. The average molecular weight is 370 g/mol. The summed E-state index contributed by atoms with van der Waals surface area (Å²) in [6.45, 7) is 1.92. The third kappa shape index (κ3) is 2.78. The predicted octanol–water partition coefficient (Wildman–Crippen LogP) is 3.98. The fraction of sp³-hybridized carbons (Fsp3) is 0.133. The summed E-state index contributed by atoms with van der Waals surface area (Å²) < 4.78 is 19.7. The molecule has 0 amide bonds. The SMILES string of the molecule is COc1ccc(C(=O)c2cccc(C)c2I)c(F)c1. The number of rotatable bonds is 3. The molecule has 2 aromatic carbocycles. The number of halogens is 2. The molecule has 0 bridgehead atoms. The summed E-state index contributed by atoms with van der Waals surface area (Å²) in [6, 6.07) is 9.68. The minimum atomic E-state index is -0.568. The van der Waals surface area contributed by atoms with Crippen LogP contribution in [0.15, 0.2) is 36.4 Å². The van der Waals surface area contributed by atoms with Gasteiger partial charge in [-0.05, 0) is 53.3 Å². The van der Waals surface area contributed by atoms with Gasteiger partial charge in [-0.1, -0.05) is 12.1 Å². The van der Waals surface area contributed by atoms with Gasteiger partial charge in [0.2, 0.25) is 0 Å². The fourth-order valence-electron chi connectivity index (χ4n) is 1.77. The number of benzene rings is 2. The van der Waals surface area contributed by atoms with Crippen LogP contribution in [0.2, 0.25) is 0 Å². The Kier molecular flexibility index (Phi) is 4.19. The van der Waals surface area contributed by atoms with Gasteiger partial charge < -0.3 is 4.74 Å². The van der Waals surface area contributed by atoms with E-state index in [4.69, 9.17) is 4.74 Å². The van der Waals surface area contributed by atoms with Crippen LogP contribution in [0.25, 0.3) is 0 Å². The second-order valence-electron chi connectivity index (χ2n) is 4.11. The Labute approximate surface area is 124 Å². The van der Waals surface area contributed by atoms with Gasteiger partial charge in [0, 0.05) is 15.2 Å². The molecule has 2 nitrogen and oxygen atoms in total. The van der Waals surface area contributed by atoms with Gasteiger partial charge in [-0.3, -0.25) is 4.79 Å². The number of ketones is 1. The summed E-state index contributed by atoms with van der Waals surface area (Å²) in [4.78, 5) is 12.4. The summed E-state index contributed by atoms with van der Waals surface area (Å²) in [6.07, 6.45) is 0. The number of hydrogen-bond acceptors (Lipinski definition) is 2. The molecule has 0 aliphatic carbocycles. The lowest BCUT2D eigenvalue weighted by atomic mass is 10.0. The third-order valence-corrected chi connectivity index (χ3v) is 4.29. The van der Waals surface area contributed by atoms with Crippen molar-refractivity contribution in [1.82, 2.24) is 0 Å². The maximum Gasteiger partial charge on any atom is 0.197 e. The number of hydrogen-bond donors (Lipinski definition) is 0. The summed E-state index contributed by atoms with van der Waals surface area (Å²) >= 11 is 2.10. The van der Waals surface area contributed by atoms with Crippen LogP contribution in [0.3, 0.4) is 0 Å². The minimum Gasteiger partial charge on any atom is -0.497 e. The number of methoxy groups -OCH3 is 1. The van der Waals surface area contributed by atoms with Crippen molar-refractivity contribution in [2.75, 3.05) is 7.11 Å². The normalized spacial score (nSPS) is 10.3. The molecule has 0 spiro atoms. The number of carbonyl (C=O) groups is 1. The second-order valence-corrected chi connectivity index (χ2v) is 5.19. The Morgan fingerprint density at radius 1 is 1.21 bits per heavy atom. The third-order valence-electron chi connectivity index (χ3n) is 2.86. The van der Waals surface area contributed by atoms with E-state index in [2.05, 4.69) is 22.6 Å². The first-order chi connectivity index (χ1) is 9.04. The maximum absolute atomic E-state index is 13.9. The van der Waals surface area contributed by atoms with Crippen molar-refractivity contribution in [2.24, 2.45) is 0 Å². The zero-order valence-corrected chi connectivity index (χ0v) is 12.7. The van der Waals surface area contributed by atoms with Gasteiger partial charge >= 0.3 is 0 Å². The molecule has 0 aliphatic heterocycles. The number of aryl methyl sites for hydroxylation is 1. The molecule has 0 N–H and O–H groups in total. The van der Waals surface area contributed by atoms with Crippen LogP contribution in [0.5, 0.6) is 5.75 Å². The highest BCUT2D eigenvalue weighted by Crippen LogP contribution is 2.23. The maximum atomic E-state index is 13.9. The summed E-state index contributed by atoms with van der Waals surface area (Å²) in [7, 11) is 1.46. The Hall–Kier alpha value is -1.43. The van der Waals surface area contributed by atoms with E-state index in [0.717, 1.165) is 9.13 Å². The summed E-state index contributed by atoms with van der Waals surface area (Å²) in [5, 5.41) is 0. The lowest BCUT2D eigenvalue weighted by molar-refractivity contribution is 0.103. The topological polar surface area (TPSA) is 26.3 Å². The molecule has 0 saturated carbocycles. The Morgan fingerprint density at radius 2 is 1.95 bits per heavy atom. The van der Waals surface area contributed by atoms with E-state index in [1.54, 1.807) is 18.2 Å². The van der Waals surface area contributed by atoms with Gasteiger partial charge in [-0.2, -0.15) is 0 Å². The largest absolute Gasteiger partial charge is 0.497 e. The van der Waals surface area contributed by atoms with E-state index in [-0.39, 0.29) is 11.3 Å². The molecule has 0 radical (unpaired) electrons. The van der Waals surface area contributed by atoms with Gasteiger partial charge in [0.1, 0.15) is 11.6 Å². The molecule has 2 rings (SSSR count). The van der Waals surface area contributed by atoms with Crippen LogP contribution < -0.4 is 4.74 Å². The quantitative estimate of drug-likeness (QED) is 0.604. The van der Waals surface area contributed by atoms with Crippen molar-refractivity contribution in [2.45, 2.75) is 6.92 Å². The van der Waals surface area contributed by atoms with Gasteiger partial charge in [0.25, 0.3) is 0 Å². The number of carbonyl (C=O) groups excluding carboxylic acids is 1. The van der Waals surface area contributed by atoms with Crippen LogP contribution in [0, 0.1) is 16.3 Å². The fourth-order valence-corrected chi connectivity index (χ4v) is 2.38. The lowest BCUT2D eigenvalue weighted by Gasteiger charge is -2.08. The van der Waals surface area contributed by atoms with Crippen molar-refractivity contribution in [3.63, 3.8) is 0 Å².